The zero-order chi connectivity index (χ0) is 21.8. The second kappa shape index (κ2) is 9.02. The molecule has 1 unspecified atom stereocenters. The fourth-order valence-electron chi connectivity index (χ4n) is 4.16. The quantitative estimate of drug-likeness (QED) is 0.259. The molecule has 1 aliphatic carbocycles. The van der Waals surface area contributed by atoms with Gasteiger partial charge in [0.2, 0.25) is 0 Å². The van der Waals surface area contributed by atoms with Crippen LogP contribution in [0.25, 0.3) is 5.57 Å². The van der Waals surface area contributed by atoms with Gasteiger partial charge in [0, 0.05) is 17.1 Å². The average Bonchev–Trinajstić information content (AvgIpc) is 2.87. The average molecular weight is 478 g/mol. The number of anilines is 3. The second-order valence-corrected chi connectivity index (χ2v) is 9.39. The number of halogens is 1. The lowest BCUT2D eigenvalue weighted by molar-refractivity contribution is 0.800. The molecule has 4 aromatic carbocycles. The monoisotopic (exact) mass is 477 g/mol. The van der Waals surface area contributed by atoms with Gasteiger partial charge in [0.1, 0.15) is 0 Å². The van der Waals surface area contributed by atoms with Crippen molar-refractivity contribution in [2.45, 2.75) is 10.7 Å². The number of hydrogen-bond acceptors (Lipinski definition) is 1. The van der Waals surface area contributed by atoms with Gasteiger partial charge in [0.05, 0.1) is 4.32 Å². The molecule has 32 heavy (non-hydrogen) atoms. The lowest BCUT2D eigenvalue weighted by atomic mass is 9.88. The smallest absolute Gasteiger partial charge is 0.0723 e. The molecular formula is C30H24BrN. The lowest BCUT2D eigenvalue weighted by Crippen LogP contribution is -2.16. The number of rotatable bonds is 5. The number of benzene rings is 4. The molecule has 4 aromatic rings. The van der Waals surface area contributed by atoms with E-state index < -0.39 is 0 Å². The SMILES string of the molecule is BrC1(c2ccccc2)C=CC(c2ccc(N(c3ccccc3)c3ccccc3)cc2)=CC1. The summed E-state index contributed by atoms with van der Waals surface area (Å²) in [5, 5.41) is 0. The maximum Gasteiger partial charge on any atom is 0.0723 e. The Morgan fingerprint density at radius 3 is 1.59 bits per heavy atom. The largest absolute Gasteiger partial charge is 0.311 e. The summed E-state index contributed by atoms with van der Waals surface area (Å²) in [6.45, 7) is 0. The summed E-state index contributed by atoms with van der Waals surface area (Å²) in [5.41, 5.74) is 7.21. The van der Waals surface area contributed by atoms with Crippen molar-refractivity contribution < 1.29 is 0 Å². The normalized spacial score (nSPS) is 17.6. The molecule has 5 rings (SSSR count). The van der Waals surface area contributed by atoms with Gasteiger partial charge in [-0.25, -0.2) is 0 Å². The molecule has 1 atom stereocenters. The summed E-state index contributed by atoms with van der Waals surface area (Å²) in [6.07, 6.45) is 7.74. The van der Waals surface area contributed by atoms with Crippen molar-refractivity contribution in [1.29, 1.82) is 0 Å². The van der Waals surface area contributed by atoms with Crippen LogP contribution in [0.4, 0.5) is 17.1 Å². The summed E-state index contributed by atoms with van der Waals surface area (Å²) < 4.78 is -0.130. The van der Waals surface area contributed by atoms with Gasteiger partial charge >= 0.3 is 0 Å². The zero-order valence-electron chi connectivity index (χ0n) is 17.7. The highest BCUT2D eigenvalue weighted by molar-refractivity contribution is 9.09. The minimum absolute atomic E-state index is 0.130. The van der Waals surface area contributed by atoms with Crippen LogP contribution in [0.5, 0.6) is 0 Å². The van der Waals surface area contributed by atoms with E-state index in [-0.39, 0.29) is 4.32 Å². The minimum atomic E-state index is -0.130. The summed E-state index contributed by atoms with van der Waals surface area (Å²) in [7, 11) is 0. The first-order valence-corrected chi connectivity index (χ1v) is 11.7. The van der Waals surface area contributed by atoms with Gasteiger partial charge in [-0.05, 0) is 59.5 Å². The standard InChI is InChI=1S/C30H24BrN/c31-30(26-10-4-1-5-11-26)22-20-25(21-23-30)24-16-18-29(19-17-24)32(27-12-6-2-7-13-27)28-14-8-3-9-15-28/h1-22H,23H2. The lowest BCUT2D eigenvalue weighted by Gasteiger charge is -2.27. The number of alkyl halides is 1. The predicted molar refractivity (Wildman–Crippen MR) is 140 cm³/mol. The maximum atomic E-state index is 3.95. The Morgan fingerprint density at radius 1 is 0.594 bits per heavy atom. The van der Waals surface area contributed by atoms with Gasteiger partial charge in [0.25, 0.3) is 0 Å². The molecule has 0 radical (unpaired) electrons. The van der Waals surface area contributed by atoms with Crippen molar-refractivity contribution in [3.63, 3.8) is 0 Å². The van der Waals surface area contributed by atoms with Gasteiger partial charge in [-0.3, -0.25) is 0 Å². The molecule has 0 amide bonds. The van der Waals surface area contributed by atoms with Gasteiger partial charge in [-0.2, -0.15) is 0 Å². The van der Waals surface area contributed by atoms with Crippen LogP contribution in [0.2, 0.25) is 0 Å². The van der Waals surface area contributed by atoms with E-state index in [0.29, 0.717) is 0 Å². The molecule has 0 heterocycles. The molecule has 1 aliphatic rings. The molecule has 0 saturated carbocycles. The van der Waals surface area contributed by atoms with Crippen LogP contribution < -0.4 is 4.90 Å². The Morgan fingerprint density at radius 2 is 1.09 bits per heavy atom. The van der Waals surface area contributed by atoms with Gasteiger partial charge in [-0.15, -0.1) is 0 Å². The Kier molecular flexibility index (Phi) is 5.79. The third-order valence-electron chi connectivity index (χ3n) is 5.89. The number of allylic oxidation sites excluding steroid dienone is 4. The Bertz CT molecular complexity index is 1190. The molecule has 0 saturated heterocycles. The third kappa shape index (κ3) is 4.19. The molecule has 0 spiro atoms. The first-order chi connectivity index (χ1) is 15.7. The summed E-state index contributed by atoms with van der Waals surface area (Å²) in [4.78, 5) is 2.29. The molecule has 1 nitrogen and oxygen atoms in total. The Hall–Kier alpha value is -3.36. The van der Waals surface area contributed by atoms with Crippen molar-refractivity contribution in [2.75, 3.05) is 4.90 Å². The molecule has 0 aliphatic heterocycles. The molecule has 0 bridgehead atoms. The van der Waals surface area contributed by atoms with E-state index in [0.717, 1.165) is 23.5 Å². The topological polar surface area (TPSA) is 3.24 Å². The second-order valence-electron chi connectivity index (χ2n) is 7.98. The number of hydrogen-bond donors (Lipinski definition) is 0. The van der Waals surface area contributed by atoms with E-state index in [1.807, 2.05) is 0 Å². The maximum absolute atomic E-state index is 3.95. The zero-order valence-corrected chi connectivity index (χ0v) is 19.3. The Labute approximate surface area is 198 Å². The molecular weight excluding hydrogens is 454 g/mol. The van der Waals surface area contributed by atoms with Crippen LogP contribution in [-0.4, -0.2) is 0 Å². The van der Waals surface area contributed by atoms with Crippen molar-refractivity contribution >= 4 is 38.6 Å². The molecule has 0 fully saturated rings. The van der Waals surface area contributed by atoms with E-state index in [9.17, 15) is 0 Å². The van der Waals surface area contributed by atoms with Crippen LogP contribution in [0, 0.1) is 0 Å². The molecule has 156 valence electrons. The fraction of sp³-hybridized carbons (Fsp3) is 0.0667. The molecule has 0 N–H and O–H groups in total. The highest BCUT2D eigenvalue weighted by Gasteiger charge is 2.27. The summed E-state index contributed by atoms with van der Waals surface area (Å²) in [6, 6.07) is 40.4. The van der Waals surface area contributed by atoms with E-state index in [2.05, 4.69) is 154 Å². The fourth-order valence-corrected chi connectivity index (χ4v) is 4.72. The van der Waals surface area contributed by atoms with Gasteiger partial charge in [0.15, 0.2) is 0 Å². The minimum Gasteiger partial charge on any atom is -0.311 e. The highest BCUT2D eigenvalue weighted by Crippen LogP contribution is 2.42. The van der Waals surface area contributed by atoms with Crippen molar-refractivity contribution in [1.82, 2.24) is 0 Å². The Balaban J connectivity index is 1.42. The highest BCUT2D eigenvalue weighted by atomic mass is 79.9. The van der Waals surface area contributed by atoms with Gasteiger partial charge in [-0.1, -0.05) is 113 Å². The van der Waals surface area contributed by atoms with Crippen molar-refractivity contribution in [2.24, 2.45) is 0 Å². The van der Waals surface area contributed by atoms with Crippen LogP contribution >= 0.6 is 15.9 Å². The first-order valence-electron chi connectivity index (χ1n) is 10.9. The molecule has 0 aromatic heterocycles. The summed E-state index contributed by atoms with van der Waals surface area (Å²) in [5.74, 6) is 0. The van der Waals surface area contributed by atoms with E-state index in [1.165, 1.54) is 16.7 Å². The van der Waals surface area contributed by atoms with Crippen molar-refractivity contribution in [3.05, 3.63) is 145 Å². The van der Waals surface area contributed by atoms with Crippen molar-refractivity contribution in [3.8, 4) is 0 Å². The third-order valence-corrected chi connectivity index (χ3v) is 6.93. The number of nitrogens with zero attached hydrogens (tertiary/aromatic N) is 1. The van der Waals surface area contributed by atoms with Crippen LogP contribution in [0.3, 0.4) is 0 Å². The van der Waals surface area contributed by atoms with Gasteiger partial charge < -0.3 is 4.90 Å². The number of para-hydroxylation sites is 2. The molecule has 2 heteroatoms. The summed E-state index contributed by atoms with van der Waals surface area (Å²) >= 11 is 3.95. The first kappa shape index (κ1) is 20.5. The van der Waals surface area contributed by atoms with E-state index in [4.69, 9.17) is 0 Å². The van der Waals surface area contributed by atoms with E-state index >= 15 is 0 Å². The van der Waals surface area contributed by atoms with Crippen LogP contribution in [0.15, 0.2) is 133 Å². The van der Waals surface area contributed by atoms with Crippen LogP contribution in [0.1, 0.15) is 17.5 Å². The van der Waals surface area contributed by atoms with Crippen LogP contribution in [-0.2, 0) is 4.32 Å². The predicted octanol–water partition coefficient (Wildman–Crippen LogP) is 8.79. The van der Waals surface area contributed by atoms with E-state index in [1.54, 1.807) is 0 Å².